The van der Waals surface area contributed by atoms with Gasteiger partial charge < -0.3 is 4.74 Å². The zero-order valence-corrected chi connectivity index (χ0v) is 8.78. The van der Waals surface area contributed by atoms with Gasteiger partial charge in [-0.1, -0.05) is 27.2 Å². The fourth-order valence-electron chi connectivity index (χ4n) is 1.06. The summed E-state index contributed by atoms with van der Waals surface area (Å²) < 4.78 is 4.94. The molecular formula is C9H17ClO2. The summed E-state index contributed by atoms with van der Waals surface area (Å²) in [6.07, 6.45) is 2.16. The standard InChI is InChI=1S/C9H17ClO2/c1-4-5-9(2,3)7-12-8(11)6-10/h4-7H2,1-3H3. The van der Waals surface area contributed by atoms with Crippen molar-refractivity contribution in [1.82, 2.24) is 0 Å². The van der Waals surface area contributed by atoms with Gasteiger partial charge in [0.2, 0.25) is 0 Å². The van der Waals surface area contributed by atoms with E-state index in [-0.39, 0.29) is 17.3 Å². The summed E-state index contributed by atoms with van der Waals surface area (Å²) >= 11 is 5.28. The van der Waals surface area contributed by atoms with Gasteiger partial charge in [-0.25, -0.2) is 0 Å². The Hall–Kier alpha value is -0.240. The van der Waals surface area contributed by atoms with E-state index in [9.17, 15) is 4.79 Å². The van der Waals surface area contributed by atoms with E-state index in [4.69, 9.17) is 16.3 Å². The first-order valence-electron chi connectivity index (χ1n) is 4.23. The Labute approximate surface area is 79.2 Å². The number of rotatable bonds is 5. The molecule has 0 bridgehead atoms. The van der Waals surface area contributed by atoms with Crippen LogP contribution < -0.4 is 0 Å². The second-order valence-corrected chi connectivity index (χ2v) is 3.98. The quantitative estimate of drug-likeness (QED) is 0.495. The molecule has 0 aliphatic heterocycles. The van der Waals surface area contributed by atoms with Crippen LogP contribution in [0.1, 0.15) is 33.6 Å². The van der Waals surface area contributed by atoms with Gasteiger partial charge in [0.05, 0.1) is 6.61 Å². The molecular weight excluding hydrogens is 176 g/mol. The fraction of sp³-hybridized carbons (Fsp3) is 0.889. The van der Waals surface area contributed by atoms with Crippen LogP contribution in [-0.4, -0.2) is 18.5 Å². The number of carbonyl (C=O) groups is 1. The second-order valence-electron chi connectivity index (χ2n) is 3.71. The van der Waals surface area contributed by atoms with Crippen LogP contribution >= 0.6 is 11.6 Å². The monoisotopic (exact) mass is 192 g/mol. The SMILES string of the molecule is CCCC(C)(C)COC(=O)CCl. The molecule has 0 aliphatic rings. The van der Waals surface area contributed by atoms with E-state index < -0.39 is 0 Å². The Balaban J connectivity index is 3.67. The van der Waals surface area contributed by atoms with E-state index in [0.717, 1.165) is 12.8 Å². The first-order chi connectivity index (χ1) is 5.52. The lowest BCUT2D eigenvalue weighted by molar-refractivity contribution is -0.143. The third kappa shape index (κ3) is 5.42. The molecule has 0 amide bonds. The summed E-state index contributed by atoms with van der Waals surface area (Å²) in [6.45, 7) is 6.74. The van der Waals surface area contributed by atoms with Gasteiger partial charge in [0.25, 0.3) is 0 Å². The Kier molecular flexibility index (Phi) is 5.31. The van der Waals surface area contributed by atoms with E-state index >= 15 is 0 Å². The average Bonchev–Trinajstić information content (AvgIpc) is 2.00. The number of alkyl halides is 1. The number of ether oxygens (including phenoxy) is 1. The number of hydrogen-bond acceptors (Lipinski definition) is 2. The van der Waals surface area contributed by atoms with Gasteiger partial charge in [0.15, 0.2) is 0 Å². The van der Waals surface area contributed by atoms with Crippen LogP contribution in [0, 0.1) is 5.41 Å². The molecule has 0 atom stereocenters. The van der Waals surface area contributed by atoms with E-state index in [1.54, 1.807) is 0 Å². The Morgan fingerprint density at radius 2 is 2.08 bits per heavy atom. The summed E-state index contributed by atoms with van der Waals surface area (Å²) in [6, 6.07) is 0. The van der Waals surface area contributed by atoms with E-state index in [1.165, 1.54) is 0 Å². The summed E-state index contributed by atoms with van der Waals surface area (Å²) in [5, 5.41) is 0. The summed E-state index contributed by atoms with van der Waals surface area (Å²) in [4.78, 5) is 10.7. The highest BCUT2D eigenvalue weighted by Crippen LogP contribution is 2.22. The molecule has 0 saturated carbocycles. The van der Waals surface area contributed by atoms with E-state index in [0.29, 0.717) is 6.61 Å². The average molecular weight is 193 g/mol. The number of carbonyl (C=O) groups excluding carboxylic acids is 1. The second kappa shape index (κ2) is 5.41. The molecule has 0 rings (SSSR count). The summed E-state index contributed by atoms with van der Waals surface area (Å²) in [5.74, 6) is -0.386. The van der Waals surface area contributed by atoms with Gasteiger partial charge in [-0.05, 0) is 11.8 Å². The van der Waals surface area contributed by atoms with Crippen LogP contribution in [0.25, 0.3) is 0 Å². The minimum atomic E-state index is -0.333. The molecule has 0 N–H and O–H groups in total. The van der Waals surface area contributed by atoms with Gasteiger partial charge in [-0.15, -0.1) is 11.6 Å². The summed E-state index contributed by atoms with van der Waals surface area (Å²) in [7, 11) is 0. The lowest BCUT2D eigenvalue weighted by Gasteiger charge is -2.22. The highest BCUT2D eigenvalue weighted by molar-refractivity contribution is 6.26. The molecule has 72 valence electrons. The zero-order valence-electron chi connectivity index (χ0n) is 8.02. The number of hydrogen-bond donors (Lipinski definition) is 0. The third-order valence-corrected chi connectivity index (χ3v) is 1.88. The van der Waals surface area contributed by atoms with Crippen molar-refractivity contribution in [2.75, 3.05) is 12.5 Å². The molecule has 0 spiro atoms. The molecule has 2 nitrogen and oxygen atoms in total. The first-order valence-corrected chi connectivity index (χ1v) is 4.77. The van der Waals surface area contributed by atoms with Crippen LogP contribution in [0.15, 0.2) is 0 Å². The van der Waals surface area contributed by atoms with Gasteiger partial charge in [-0.3, -0.25) is 4.79 Å². The first kappa shape index (κ1) is 11.8. The van der Waals surface area contributed by atoms with Crippen molar-refractivity contribution in [1.29, 1.82) is 0 Å². The molecule has 0 aromatic heterocycles. The Morgan fingerprint density at radius 1 is 1.50 bits per heavy atom. The molecule has 0 aliphatic carbocycles. The largest absolute Gasteiger partial charge is 0.464 e. The minimum absolute atomic E-state index is 0.0534. The van der Waals surface area contributed by atoms with Crippen molar-refractivity contribution in [2.45, 2.75) is 33.6 Å². The molecule has 0 aromatic carbocycles. The lowest BCUT2D eigenvalue weighted by atomic mass is 9.89. The van der Waals surface area contributed by atoms with Crippen LogP contribution in [0.3, 0.4) is 0 Å². The molecule has 0 heterocycles. The molecule has 0 fully saturated rings. The van der Waals surface area contributed by atoms with Gasteiger partial charge in [0.1, 0.15) is 5.88 Å². The van der Waals surface area contributed by atoms with Crippen molar-refractivity contribution in [3.8, 4) is 0 Å². The Morgan fingerprint density at radius 3 is 2.50 bits per heavy atom. The maximum absolute atomic E-state index is 10.7. The smallest absolute Gasteiger partial charge is 0.320 e. The zero-order chi connectivity index (χ0) is 9.61. The van der Waals surface area contributed by atoms with Crippen molar-refractivity contribution in [2.24, 2.45) is 5.41 Å². The number of halogens is 1. The molecule has 0 unspecified atom stereocenters. The predicted octanol–water partition coefficient (Wildman–Crippen LogP) is 2.59. The normalized spacial score (nSPS) is 11.3. The maximum Gasteiger partial charge on any atom is 0.320 e. The fourth-order valence-corrected chi connectivity index (χ4v) is 1.14. The molecule has 12 heavy (non-hydrogen) atoms. The highest BCUT2D eigenvalue weighted by Gasteiger charge is 2.18. The van der Waals surface area contributed by atoms with Gasteiger partial charge in [0, 0.05) is 0 Å². The van der Waals surface area contributed by atoms with Gasteiger partial charge in [-0.2, -0.15) is 0 Å². The third-order valence-electron chi connectivity index (χ3n) is 1.66. The van der Waals surface area contributed by atoms with Crippen LogP contribution in [0.2, 0.25) is 0 Å². The summed E-state index contributed by atoms with van der Waals surface area (Å²) in [5.41, 5.74) is 0.0798. The topological polar surface area (TPSA) is 26.3 Å². The van der Waals surface area contributed by atoms with E-state index in [1.807, 2.05) is 0 Å². The van der Waals surface area contributed by atoms with Gasteiger partial charge >= 0.3 is 5.97 Å². The highest BCUT2D eigenvalue weighted by atomic mass is 35.5. The molecule has 0 aromatic rings. The lowest BCUT2D eigenvalue weighted by Crippen LogP contribution is -2.22. The van der Waals surface area contributed by atoms with Crippen LogP contribution in [0.4, 0.5) is 0 Å². The van der Waals surface area contributed by atoms with Crippen LogP contribution in [0.5, 0.6) is 0 Å². The van der Waals surface area contributed by atoms with Crippen molar-refractivity contribution >= 4 is 17.6 Å². The van der Waals surface area contributed by atoms with E-state index in [2.05, 4.69) is 20.8 Å². The van der Waals surface area contributed by atoms with Crippen molar-refractivity contribution in [3.63, 3.8) is 0 Å². The minimum Gasteiger partial charge on any atom is -0.464 e. The Bertz CT molecular complexity index is 143. The molecule has 3 heteroatoms. The maximum atomic E-state index is 10.7. The number of esters is 1. The predicted molar refractivity (Wildman–Crippen MR) is 50.4 cm³/mol. The molecule has 0 radical (unpaired) electrons. The van der Waals surface area contributed by atoms with Crippen molar-refractivity contribution in [3.05, 3.63) is 0 Å². The van der Waals surface area contributed by atoms with Crippen molar-refractivity contribution < 1.29 is 9.53 Å². The molecule has 0 saturated heterocycles. The van der Waals surface area contributed by atoms with Crippen LogP contribution in [-0.2, 0) is 9.53 Å².